The zero-order chi connectivity index (χ0) is 15.8. The number of carboxylic acid groups (broad SMARTS) is 1. The van der Waals surface area contributed by atoms with Crippen LogP contribution in [-0.4, -0.2) is 41.0 Å². The van der Waals surface area contributed by atoms with Crippen LogP contribution in [0.1, 0.15) is 43.2 Å². The summed E-state index contributed by atoms with van der Waals surface area (Å²) >= 11 is 0. The second-order valence-corrected chi connectivity index (χ2v) is 7.35. The van der Waals surface area contributed by atoms with E-state index in [2.05, 4.69) is 6.58 Å². The van der Waals surface area contributed by atoms with Gasteiger partial charge >= 0.3 is 5.97 Å². The molecule has 0 saturated heterocycles. The SMILES string of the molecule is C=CCN(C1CC1)S(=O)(=O)c1cc(C(=O)O)n(C(C)C)c1. The topological polar surface area (TPSA) is 79.6 Å². The summed E-state index contributed by atoms with van der Waals surface area (Å²) in [7, 11) is -3.69. The van der Waals surface area contributed by atoms with E-state index in [1.807, 2.05) is 13.8 Å². The Balaban J connectivity index is 2.46. The average molecular weight is 312 g/mol. The van der Waals surface area contributed by atoms with Crippen LogP contribution >= 0.6 is 0 Å². The molecule has 0 aromatic carbocycles. The highest BCUT2D eigenvalue weighted by Crippen LogP contribution is 2.32. The molecule has 1 fully saturated rings. The van der Waals surface area contributed by atoms with Crippen LogP contribution < -0.4 is 0 Å². The monoisotopic (exact) mass is 312 g/mol. The average Bonchev–Trinajstić information content (AvgIpc) is 3.10. The standard InChI is InChI=1S/C14H20N2O4S/c1-4-7-16(11-5-6-11)21(19,20)12-8-13(14(17)18)15(9-12)10(2)3/h4,8-11H,1,5-7H2,2-3H3,(H,17,18). The summed E-state index contributed by atoms with van der Waals surface area (Å²) in [5, 5.41) is 9.21. The Bertz CT molecular complexity index is 657. The molecule has 1 aliphatic carbocycles. The van der Waals surface area contributed by atoms with E-state index in [0.29, 0.717) is 0 Å². The Hall–Kier alpha value is -1.60. The van der Waals surface area contributed by atoms with Crippen LogP contribution in [0.3, 0.4) is 0 Å². The van der Waals surface area contributed by atoms with E-state index in [-0.39, 0.29) is 29.2 Å². The van der Waals surface area contributed by atoms with Gasteiger partial charge in [-0.25, -0.2) is 13.2 Å². The molecule has 1 aromatic rings. The number of hydrogen-bond acceptors (Lipinski definition) is 3. The summed E-state index contributed by atoms with van der Waals surface area (Å²) in [5.74, 6) is -1.13. The van der Waals surface area contributed by atoms with Crippen molar-refractivity contribution in [1.29, 1.82) is 0 Å². The van der Waals surface area contributed by atoms with Gasteiger partial charge in [0.2, 0.25) is 10.0 Å². The third kappa shape index (κ3) is 3.03. The fraction of sp³-hybridized carbons (Fsp3) is 0.500. The van der Waals surface area contributed by atoms with Gasteiger partial charge in [-0.3, -0.25) is 0 Å². The molecular formula is C14H20N2O4S. The first-order valence-corrected chi connectivity index (χ1v) is 8.31. The maximum absolute atomic E-state index is 12.7. The normalized spacial score (nSPS) is 15.6. The van der Waals surface area contributed by atoms with Gasteiger partial charge in [0.05, 0.1) is 0 Å². The van der Waals surface area contributed by atoms with Crippen molar-refractivity contribution in [3.63, 3.8) is 0 Å². The van der Waals surface area contributed by atoms with Crippen molar-refractivity contribution in [3.8, 4) is 0 Å². The van der Waals surface area contributed by atoms with Gasteiger partial charge in [0.15, 0.2) is 0 Å². The van der Waals surface area contributed by atoms with Gasteiger partial charge in [0.1, 0.15) is 10.6 Å². The molecule has 0 amide bonds. The second-order valence-electron chi connectivity index (χ2n) is 5.46. The van der Waals surface area contributed by atoms with Gasteiger partial charge in [-0.2, -0.15) is 4.31 Å². The molecule has 0 atom stereocenters. The summed E-state index contributed by atoms with van der Waals surface area (Å²) in [6, 6.07) is 1.10. The van der Waals surface area contributed by atoms with E-state index in [9.17, 15) is 18.3 Å². The van der Waals surface area contributed by atoms with Crippen LogP contribution in [-0.2, 0) is 10.0 Å². The first-order valence-electron chi connectivity index (χ1n) is 6.87. The lowest BCUT2D eigenvalue weighted by atomic mass is 10.3. The minimum Gasteiger partial charge on any atom is -0.477 e. The predicted octanol–water partition coefficient (Wildman–Crippen LogP) is 2.11. The minimum absolute atomic E-state index is 0.00341. The van der Waals surface area contributed by atoms with Crippen LogP contribution in [0.2, 0.25) is 0 Å². The molecule has 1 N–H and O–H groups in total. The fourth-order valence-electron chi connectivity index (χ4n) is 2.26. The van der Waals surface area contributed by atoms with E-state index >= 15 is 0 Å². The largest absolute Gasteiger partial charge is 0.477 e. The molecule has 1 saturated carbocycles. The Morgan fingerprint density at radius 3 is 2.57 bits per heavy atom. The number of rotatable bonds is 7. The molecule has 0 radical (unpaired) electrons. The number of nitrogens with zero attached hydrogens (tertiary/aromatic N) is 2. The van der Waals surface area contributed by atoms with Crippen molar-refractivity contribution in [2.75, 3.05) is 6.54 Å². The van der Waals surface area contributed by atoms with Crippen molar-refractivity contribution >= 4 is 16.0 Å². The highest BCUT2D eigenvalue weighted by atomic mass is 32.2. The number of carboxylic acids is 1. The molecule has 116 valence electrons. The molecule has 2 rings (SSSR count). The van der Waals surface area contributed by atoms with E-state index in [0.717, 1.165) is 12.8 Å². The van der Waals surface area contributed by atoms with Crippen molar-refractivity contribution in [2.45, 2.75) is 43.7 Å². The lowest BCUT2D eigenvalue weighted by Gasteiger charge is -2.19. The molecule has 1 aromatic heterocycles. The smallest absolute Gasteiger partial charge is 0.352 e. The summed E-state index contributed by atoms with van der Waals surface area (Å²) < 4.78 is 28.2. The number of carbonyl (C=O) groups is 1. The van der Waals surface area contributed by atoms with Crippen molar-refractivity contribution in [3.05, 3.63) is 30.6 Å². The number of hydrogen-bond donors (Lipinski definition) is 1. The zero-order valence-electron chi connectivity index (χ0n) is 12.2. The molecule has 0 bridgehead atoms. The van der Waals surface area contributed by atoms with Crippen LogP contribution in [0.25, 0.3) is 0 Å². The first-order chi connectivity index (χ1) is 9.78. The number of sulfonamides is 1. The number of aromatic nitrogens is 1. The molecule has 7 heteroatoms. The lowest BCUT2D eigenvalue weighted by Crippen LogP contribution is -2.33. The predicted molar refractivity (Wildman–Crippen MR) is 78.9 cm³/mol. The molecule has 1 aliphatic rings. The maximum Gasteiger partial charge on any atom is 0.352 e. The molecule has 1 heterocycles. The van der Waals surface area contributed by atoms with Crippen LogP contribution in [0.15, 0.2) is 29.8 Å². The maximum atomic E-state index is 12.7. The fourth-order valence-corrected chi connectivity index (χ4v) is 3.95. The third-order valence-corrected chi connectivity index (χ3v) is 5.35. The lowest BCUT2D eigenvalue weighted by molar-refractivity contribution is 0.0683. The molecule has 6 nitrogen and oxygen atoms in total. The summed E-state index contributed by atoms with van der Waals surface area (Å²) in [5.41, 5.74) is -0.0158. The molecular weight excluding hydrogens is 292 g/mol. The Morgan fingerprint density at radius 1 is 1.57 bits per heavy atom. The van der Waals surface area contributed by atoms with Crippen molar-refractivity contribution in [1.82, 2.24) is 8.87 Å². The zero-order valence-corrected chi connectivity index (χ0v) is 13.0. The highest BCUT2D eigenvalue weighted by molar-refractivity contribution is 7.89. The molecule has 0 spiro atoms. The van der Waals surface area contributed by atoms with Gasteiger partial charge in [0.25, 0.3) is 0 Å². The molecule has 0 unspecified atom stereocenters. The Labute approximate surface area is 124 Å². The van der Waals surface area contributed by atoms with E-state index in [1.54, 1.807) is 6.08 Å². The van der Waals surface area contributed by atoms with Crippen molar-refractivity contribution < 1.29 is 18.3 Å². The first kappa shape index (κ1) is 15.8. The molecule has 21 heavy (non-hydrogen) atoms. The van der Waals surface area contributed by atoms with Crippen LogP contribution in [0.4, 0.5) is 0 Å². The van der Waals surface area contributed by atoms with Crippen LogP contribution in [0, 0.1) is 0 Å². The van der Waals surface area contributed by atoms with Gasteiger partial charge in [-0.1, -0.05) is 6.08 Å². The van der Waals surface area contributed by atoms with Gasteiger partial charge < -0.3 is 9.67 Å². The van der Waals surface area contributed by atoms with E-state index < -0.39 is 16.0 Å². The second kappa shape index (κ2) is 5.65. The van der Waals surface area contributed by atoms with Gasteiger partial charge in [-0.15, -0.1) is 6.58 Å². The Morgan fingerprint density at radius 2 is 2.19 bits per heavy atom. The number of aromatic carboxylic acids is 1. The van der Waals surface area contributed by atoms with E-state index in [4.69, 9.17) is 0 Å². The summed E-state index contributed by atoms with van der Waals surface area (Å²) in [4.78, 5) is 11.3. The highest BCUT2D eigenvalue weighted by Gasteiger charge is 2.38. The van der Waals surface area contributed by atoms with Crippen molar-refractivity contribution in [2.24, 2.45) is 0 Å². The van der Waals surface area contributed by atoms with Crippen LogP contribution in [0.5, 0.6) is 0 Å². The quantitative estimate of drug-likeness (QED) is 0.782. The van der Waals surface area contributed by atoms with E-state index in [1.165, 1.54) is 21.1 Å². The third-order valence-electron chi connectivity index (χ3n) is 3.47. The summed E-state index contributed by atoms with van der Waals surface area (Å²) in [6.07, 6.45) is 4.63. The van der Waals surface area contributed by atoms with Gasteiger partial charge in [-0.05, 0) is 32.8 Å². The molecule has 0 aliphatic heterocycles. The Kier molecular flexibility index (Phi) is 4.25. The van der Waals surface area contributed by atoms with Gasteiger partial charge in [0, 0.05) is 24.8 Å². The minimum atomic E-state index is -3.69. The summed E-state index contributed by atoms with van der Waals surface area (Å²) in [6.45, 7) is 7.45.